The zero-order valence-corrected chi connectivity index (χ0v) is 12.7. The molecular formula is C15H24N2S. The maximum atomic E-state index is 3.45. The predicted molar refractivity (Wildman–Crippen MR) is 80.4 cm³/mol. The third-order valence-electron chi connectivity index (χ3n) is 3.92. The van der Waals surface area contributed by atoms with Crippen LogP contribution in [-0.4, -0.2) is 25.4 Å². The topological polar surface area (TPSA) is 24.1 Å². The summed E-state index contributed by atoms with van der Waals surface area (Å²) in [5.74, 6) is 1.27. The summed E-state index contributed by atoms with van der Waals surface area (Å²) in [4.78, 5) is 1.47. The first kappa shape index (κ1) is 13.9. The van der Waals surface area contributed by atoms with E-state index in [0.717, 1.165) is 0 Å². The standard InChI is InChI=1S/C15H24N2S/c1-15(2,17-4)14(16-3)12-7-8-13-11(10-12)6-5-9-18-13/h7-8,10,14,16-17H,5-6,9H2,1-4H3. The molecule has 2 nitrogen and oxygen atoms in total. The van der Waals surface area contributed by atoms with Gasteiger partial charge in [0.2, 0.25) is 0 Å². The van der Waals surface area contributed by atoms with Gasteiger partial charge in [-0.2, -0.15) is 0 Å². The number of benzene rings is 1. The van der Waals surface area contributed by atoms with Gasteiger partial charge in [-0.05, 0) is 63.7 Å². The van der Waals surface area contributed by atoms with Crippen LogP contribution in [0.2, 0.25) is 0 Å². The lowest BCUT2D eigenvalue weighted by molar-refractivity contribution is 0.311. The van der Waals surface area contributed by atoms with Gasteiger partial charge in [-0.3, -0.25) is 0 Å². The SMILES string of the molecule is CNC(c1ccc2c(c1)CCCS2)C(C)(C)NC. The van der Waals surface area contributed by atoms with Crippen molar-refractivity contribution in [1.82, 2.24) is 10.6 Å². The Bertz CT molecular complexity index is 415. The molecular weight excluding hydrogens is 240 g/mol. The van der Waals surface area contributed by atoms with Gasteiger partial charge < -0.3 is 10.6 Å². The normalized spacial score (nSPS) is 17.3. The van der Waals surface area contributed by atoms with Gasteiger partial charge >= 0.3 is 0 Å². The van der Waals surface area contributed by atoms with Crippen LogP contribution in [0.4, 0.5) is 0 Å². The van der Waals surface area contributed by atoms with Crippen LogP contribution in [0.5, 0.6) is 0 Å². The fourth-order valence-electron chi connectivity index (χ4n) is 2.65. The maximum absolute atomic E-state index is 3.45. The smallest absolute Gasteiger partial charge is 0.0497 e. The molecule has 18 heavy (non-hydrogen) atoms. The molecule has 1 aliphatic rings. The summed E-state index contributed by atoms with van der Waals surface area (Å²) >= 11 is 1.99. The van der Waals surface area contributed by atoms with Crippen molar-refractivity contribution in [2.75, 3.05) is 19.8 Å². The largest absolute Gasteiger partial charge is 0.313 e. The highest BCUT2D eigenvalue weighted by Gasteiger charge is 2.28. The molecule has 1 unspecified atom stereocenters. The van der Waals surface area contributed by atoms with Crippen LogP contribution >= 0.6 is 11.8 Å². The number of hydrogen-bond donors (Lipinski definition) is 2. The molecule has 2 N–H and O–H groups in total. The third-order valence-corrected chi connectivity index (χ3v) is 5.12. The second-order valence-electron chi connectivity index (χ2n) is 5.51. The predicted octanol–water partition coefficient (Wildman–Crippen LogP) is 2.98. The summed E-state index contributed by atoms with van der Waals surface area (Å²) in [5.41, 5.74) is 2.96. The van der Waals surface area contributed by atoms with E-state index in [9.17, 15) is 0 Å². The molecule has 0 aromatic heterocycles. The first-order valence-corrected chi connectivity index (χ1v) is 7.69. The number of hydrogen-bond acceptors (Lipinski definition) is 3. The van der Waals surface area contributed by atoms with Gasteiger partial charge in [0, 0.05) is 16.5 Å². The molecule has 1 aromatic rings. The minimum absolute atomic E-state index is 0.0464. The van der Waals surface area contributed by atoms with Gasteiger partial charge in [-0.15, -0.1) is 11.8 Å². The van der Waals surface area contributed by atoms with E-state index in [1.165, 1.54) is 34.6 Å². The Morgan fingerprint density at radius 1 is 1.28 bits per heavy atom. The molecule has 0 fully saturated rings. The van der Waals surface area contributed by atoms with Crippen molar-refractivity contribution >= 4 is 11.8 Å². The van der Waals surface area contributed by atoms with Crippen molar-refractivity contribution in [2.45, 2.75) is 43.2 Å². The first-order chi connectivity index (χ1) is 8.58. The van der Waals surface area contributed by atoms with Crippen molar-refractivity contribution in [2.24, 2.45) is 0 Å². The Labute approximate surface area is 115 Å². The highest BCUT2D eigenvalue weighted by atomic mass is 32.2. The monoisotopic (exact) mass is 264 g/mol. The van der Waals surface area contributed by atoms with E-state index in [1.807, 2.05) is 25.9 Å². The van der Waals surface area contributed by atoms with Crippen LogP contribution in [0, 0.1) is 0 Å². The Morgan fingerprint density at radius 3 is 2.72 bits per heavy atom. The molecule has 0 amide bonds. The highest BCUT2D eigenvalue weighted by Crippen LogP contribution is 2.33. The average Bonchev–Trinajstić information content (AvgIpc) is 2.39. The Balaban J connectivity index is 2.32. The molecule has 0 bridgehead atoms. The fraction of sp³-hybridized carbons (Fsp3) is 0.600. The molecule has 1 aromatic carbocycles. The molecule has 0 saturated heterocycles. The molecule has 0 saturated carbocycles. The lowest BCUT2D eigenvalue weighted by Gasteiger charge is -2.35. The van der Waals surface area contributed by atoms with Gasteiger partial charge in [-0.1, -0.05) is 12.1 Å². The molecule has 3 heteroatoms. The maximum Gasteiger partial charge on any atom is 0.0497 e. The van der Waals surface area contributed by atoms with Crippen molar-refractivity contribution in [3.8, 4) is 0 Å². The minimum Gasteiger partial charge on any atom is -0.313 e. The Hall–Kier alpha value is -0.510. The zero-order chi connectivity index (χ0) is 13.2. The second-order valence-corrected chi connectivity index (χ2v) is 6.65. The summed E-state index contributed by atoms with van der Waals surface area (Å²) < 4.78 is 0. The molecule has 0 spiro atoms. The molecule has 100 valence electrons. The minimum atomic E-state index is 0.0464. The zero-order valence-electron chi connectivity index (χ0n) is 11.8. The summed E-state index contributed by atoms with van der Waals surface area (Å²) in [6, 6.07) is 7.30. The van der Waals surface area contributed by atoms with E-state index in [1.54, 1.807) is 0 Å². The second kappa shape index (κ2) is 5.64. The average molecular weight is 264 g/mol. The summed E-state index contributed by atoms with van der Waals surface area (Å²) in [6.45, 7) is 4.48. The summed E-state index contributed by atoms with van der Waals surface area (Å²) in [6.07, 6.45) is 2.54. The fourth-order valence-corrected chi connectivity index (χ4v) is 3.67. The number of aryl methyl sites for hydroxylation is 1. The van der Waals surface area contributed by atoms with Crippen LogP contribution in [0.15, 0.2) is 23.1 Å². The van der Waals surface area contributed by atoms with E-state index in [4.69, 9.17) is 0 Å². The van der Waals surface area contributed by atoms with Crippen molar-refractivity contribution < 1.29 is 0 Å². The quantitative estimate of drug-likeness (QED) is 0.874. The van der Waals surface area contributed by atoms with E-state index >= 15 is 0 Å². The molecule has 0 aliphatic carbocycles. The van der Waals surface area contributed by atoms with Gasteiger partial charge in [-0.25, -0.2) is 0 Å². The third kappa shape index (κ3) is 2.73. The summed E-state index contributed by atoms with van der Waals surface area (Å²) in [5, 5.41) is 6.85. The summed E-state index contributed by atoms with van der Waals surface area (Å²) in [7, 11) is 4.07. The van der Waals surface area contributed by atoms with Crippen molar-refractivity contribution in [3.05, 3.63) is 29.3 Å². The highest BCUT2D eigenvalue weighted by molar-refractivity contribution is 7.99. The van der Waals surface area contributed by atoms with E-state index in [0.29, 0.717) is 6.04 Å². The number of fused-ring (bicyclic) bond motifs is 1. The molecule has 1 aliphatic heterocycles. The van der Waals surface area contributed by atoms with Gasteiger partial charge in [0.05, 0.1) is 0 Å². The van der Waals surface area contributed by atoms with Crippen LogP contribution in [-0.2, 0) is 6.42 Å². The Kier molecular flexibility index (Phi) is 4.36. The molecule has 2 rings (SSSR count). The number of rotatable bonds is 4. The first-order valence-electron chi connectivity index (χ1n) is 6.70. The van der Waals surface area contributed by atoms with Gasteiger partial charge in [0.1, 0.15) is 0 Å². The van der Waals surface area contributed by atoms with Crippen molar-refractivity contribution in [1.29, 1.82) is 0 Å². The van der Waals surface area contributed by atoms with Crippen molar-refractivity contribution in [3.63, 3.8) is 0 Å². The Morgan fingerprint density at radius 2 is 2.06 bits per heavy atom. The molecule has 0 radical (unpaired) electrons. The lowest BCUT2D eigenvalue weighted by atomic mass is 9.87. The van der Waals surface area contributed by atoms with Crippen LogP contribution in [0.3, 0.4) is 0 Å². The number of thioether (sulfide) groups is 1. The van der Waals surface area contributed by atoms with Crippen LogP contribution in [0.25, 0.3) is 0 Å². The van der Waals surface area contributed by atoms with E-state index < -0.39 is 0 Å². The number of nitrogens with one attached hydrogen (secondary N) is 2. The van der Waals surface area contributed by atoms with Crippen LogP contribution in [0.1, 0.15) is 37.4 Å². The number of likely N-dealkylation sites (N-methyl/N-ethyl adjacent to an activating group) is 2. The molecule has 1 heterocycles. The molecule has 1 atom stereocenters. The van der Waals surface area contributed by atoms with Gasteiger partial charge in [0.25, 0.3) is 0 Å². The van der Waals surface area contributed by atoms with Gasteiger partial charge in [0.15, 0.2) is 0 Å². The van der Waals surface area contributed by atoms with Crippen LogP contribution < -0.4 is 10.6 Å². The lowest BCUT2D eigenvalue weighted by Crippen LogP contribution is -2.47. The van der Waals surface area contributed by atoms with E-state index in [-0.39, 0.29) is 5.54 Å². The van der Waals surface area contributed by atoms with E-state index in [2.05, 4.69) is 42.7 Å².